The van der Waals surface area contributed by atoms with E-state index >= 15 is 0 Å². The van der Waals surface area contributed by atoms with Gasteiger partial charge in [-0.3, -0.25) is 0 Å². The second kappa shape index (κ2) is 7.34. The number of carbonyl (C=O) groups is 2. The largest absolute Gasteiger partial charge is 0.479 e. The van der Waals surface area contributed by atoms with Gasteiger partial charge in [-0.05, 0) is 18.7 Å². The summed E-state index contributed by atoms with van der Waals surface area (Å²) in [7, 11) is 1.79. The van der Waals surface area contributed by atoms with Crippen LogP contribution in [0.3, 0.4) is 0 Å². The minimum Gasteiger partial charge on any atom is -0.479 e. The molecule has 5 N–H and O–H groups in total. The molecule has 7 nitrogen and oxygen atoms in total. The molecule has 0 fully saturated rings. The van der Waals surface area contributed by atoms with Crippen molar-refractivity contribution in [3.05, 3.63) is 29.8 Å². The molecular formula is C12H17N3O4. The summed E-state index contributed by atoms with van der Waals surface area (Å²) in [5.74, 6) is -1.38. The summed E-state index contributed by atoms with van der Waals surface area (Å²) < 4.78 is 0. The van der Waals surface area contributed by atoms with E-state index in [1.165, 1.54) is 0 Å². The first-order valence-corrected chi connectivity index (χ1v) is 5.72. The maximum Gasteiger partial charge on any atom is 0.334 e. The van der Waals surface area contributed by atoms with Crippen LogP contribution in [0.25, 0.3) is 0 Å². The number of urea groups is 1. The third kappa shape index (κ3) is 4.94. The fraction of sp³-hybridized carbons (Fsp3) is 0.333. The highest BCUT2D eigenvalue weighted by atomic mass is 16.4. The summed E-state index contributed by atoms with van der Waals surface area (Å²) in [6.45, 7) is 0.240. The van der Waals surface area contributed by atoms with Crippen LogP contribution < -0.4 is 16.0 Å². The van der Waals surface area contributed by atoms with E-state index in [0.29, 0.717) is 12.2 Å². The number of aliphatic hydroxyl groups is 1. The lowest BCUT2D eigenvalue weighted by molar-refractivity contribution is -0.146. The van der Waals surface area contributed by atoms with Gasteiger partial charge in [0.2, 0.25) is 0 Å². The Balaban J connectivity index is 2.55. The number of nitrogens with one attached hydrogen (secondary N) is 3. The number of carboxylic acids is 1. The predicted molar refractivity (Wildman–Crippen MR) is 69.9 cm³/mol. The summed E-state index contributed by atoms with van der Waals surface area (Å²) in [6, 6.07) is 6.66. The van der Waals surface area contributed by atoms with Crippen LogP contribution in [0.5, 0.6) is 0 Å². The van der Waals surface area contributed by atoms with Gasteiger partial charge in [-0.1, -0.05) is 18.2 Å². The molecule has 0 spiro atoms. The molecule has 0 aliphatic rings. The van der Waals surface area contributed by atoms with Crippen LogP contribution in [0.1, 0.15) is 5.56 Å². The fourth-order valence-electron chi connectivity index (χ4n) is 1.43. The van der Waals surface area contributed by atoms with E-state index in [2.05, 4.69) is 16.0 Å². The third-order valence-corrected chi connectivity index (χ3v) is 2.37. The van der Waals surface area contributed by atoms with E-state index in [0.717, 1.165) is 5.56 Å². The molecule has 0 aromatic heterocycles. The van der Waals surface area contributed by atoms with Crippen molar-refractivity contribution in [2.24, 2.45) is 0 Å². The molecule has 1 rings (SSSR count). The number of hydrogen-bond acceptors (Lipinski definition) is 4. The first-order valence-electron chi connectivity index (χ1n) is 5.72. The lowest BCUT2D eigenvalue weighted by Gasteiger charge is -2.12. The van der Waals surface area contributed by atoms with Crippen LogP contribution in [0.15, 0.2) is 24.3 Å². The summed E-state index contributed by atoms with van der Waals surface area (Å²) in [6.07, 6.45) is -1.61. The zero-order valence-corrected chi connectivity index (χ0v) is 10.5. The topological polar surface area (TPSA) is 111 Å². The number of hydrogen-bond donors (Lipinski definition) is 5. The molecule has 1 aromatic rings. The van der Waals surface area contributed by atoms with Crippen LogP contribution in [0.4, 0.5) is 10.5 Å². The van der Waals surface area contributed by atoms with Gasteiger partial charge in [0.15, 0.2) is 6.10 Å². The lowest BCUT2D eigenvalue weighted by Crippen LogP contribution is -2.38. The Labute approximate surface area is 110 Å². The number of carbonyl (C=O) groups excluding carboxylic acids is 1. The van der Waals surface area contributed by atoms with Crippen LogP contribution in [-0.2, 0) is 11.3 Å². The number of para-hydroxylation sites is 1. The van der Waals surface area contributed by atoms with E-state index in [-0.39, 0.29) is 6.54 Å². The average Bonchev–Trinajstić information content (AvgIpc) is 2.38. The van der Waals surface area contributed by atoms with Crippen molar-refractivity contribution in [3.8, 4) is 0 Å². The Hall–Kier alpha value is -2.12. The van der Waals surface area contributed by atoms with Gasteiger partial charge < -0.3 is 26.2 Å². The molecular weight excluding hydrogens is 250 g/mol. The number of amides is 2. The minimum absolute atomic E-state index is 0.352. The van der Waals surface area contributed by atoms with Crippen LogP contribution in [0, 0.1) is 0 Å². The number of anilines is 1. The number of aliphatic carboxylic acids is 1. The Morgan fingerprint density at radius 3 is 2.63 bits per heavy atom. The van der Waals surface area contributed by atoms with Crippen LogP contribution >= 0.6 is 0 Å². The van der Waals surface area contributed by atoms with Crippen molar-refractivity contribution in [1.82, 2.24) is 10.6 Å². The molecule has 0 heterocycles. The van der Waals surface area contributed by atoms with E-state index in [1.807, 2.05) is 12.1 Å². The zero-order valence-electron chi connectivity index (χ0n) is 10.5. The van der Waals surface area contributed by atoms with Gasteiger partial charge in [-0.15, -0.1) is 0 Å². The molecule has 19 heavy (non-hydrogen) atoms. The number of rotatable bonds is 6. The first-order chi connectivity index (χ1) is 9.04. The van der Waals surface area contributed by atoms with E-state index in [9.17, 15) is 9.59 Å². The van der Waals surface area contributed by atoms with Gasteiger partial charge in [0.1, 0.15) is 0 Å². The molecule has 0 saturated heterocycles. The highest BCUT2D eigenvalue weighted by Crippen LogP contribution is 2.14. The second-order valence-corrected chi connectivity index (χ2v) is 3.88. The summed E-state index contributed by atoms with van der Waals surface area (Å²) in [5, 5.41) is 25.3. The van der Waals surface area contributed by atoms with Gasteiger partial charge in [0.05, 0.1) is 6.54 Å². The van der Waals surface area contributed by atoms with Gasteiger partial charge >= 0.3 is 12.0 Å². The number of carboxylic acid groups (broad SMARTS) is 1. The molecule has 1 unspecified atom stereocenters. The van der Waals surface area contributed by atoms with E-state index < -0.39 is 18.1 Å². The minimum atomic E-state index is -1.61. The molecule has 7 heteroatoms. The van der Waals surface area contributed by atoms with E-state index in [4.69, 9.17) is 10.2 Å². The van der Waals surface area contributed by atoms with Crippen molar-refractivity contribution in [1.29, 1.82) is 0 Å². The quantitative estimate of drug-likeness (QED) is 0.497. The fourth-order valence-corrected chi connectivity index (χ4v) is 1.43. The molecule has 104 valence electrons. The standard InChI is InChI=1S/C12H17N3O4/c1-13-6-8-4-2-3-5-9(8)15-12(19)14-7-10(16)11(17)18/h2-5,10,13,16H,6-7H2,1H3,(H,17,18)(H2,14,15,19). The highest BCUT2D eigenvalue weighted by Gasteiger charge is 2.14. The Morgan fingerprint density at radius 2 is 2.00 bits per heavy atom. The van der Waals surface area contributed by atoms with Gasteiger partial charge in [-0.2, -0.15) is 0 Å². The van der Waals surface area contributed by atoms with Crippen molar-refractivity contribution in [2.45, 2.75) is 12.6 Å². The molecule has 0 saturated carbocycles. The van der Waals surface area contributed by atoms with Crippen molar-refractivity contribution in [2.75, 3.05) is 18.9 Å². The maximum absolute atomic E-state index is 11.5. The van der Waals surface area contributed by atoms with Gasteiger partial charge in [0, 0.05) is 12.2 Å². The monoisotopic (exact) mass is 267 g/mol. The summed E-state index contributed by atoms with van der Waals surface area (Å²) >= 11 is 0. The zero-order chi connectivity index (χ0) is 14.3. The number of benzene rings is 1. The average molecular weight is 267 g/mol. The predicted octanol–water partition coefficient (Wildman–Crippen LogP) is -0.0270. The molecule has 0 bridgehead atoms. The Bertz CT molecular complexity index is 450. The van der Waals surface area contributed by atoms with Crippen LogP contribution in [0.2, 0.25) is 0 Å². The van der Waals surface area contributed by atoms with Gasteiger partial charge in [-0.25, -0.2) is 9.59 Å². The Morgan fingerprint density at radius 1 is 1.32 bits per heavy atom. The molecule has 0 aliphatic carbocycles. The van der Waals surface area contributed by atoms with E-state index in [1.54, 1.807) is 19.2 Å². The van der Waals surface area contributed by atoms with Crippen molar-refractivity contribution in [3.63, 3.8) is 0 Å². The third-order valence-electron chi connectivity index (χ3n) is 2.37. The van der Waals surface area contributed by atoms with Crippen LogP contribution in [-0.4, -0.2) is 41.9 Å². The molecule has 2 amide bonds. The Kier molecular flexibility index (Phi) is 5.77. The van der Waals surface area contributed by atoms with Gasteiger partial charge in [0.25, 0.3) is 0 Å². The lowest BCUT2D eigenvalue weighted by atomic mass is 10.2. The maximum atomic E-state index is 11.5. The normalized spacial score (nSPS) is 11.7. The molecule has 1 aromatic carbocycles. The highest BCUT2D eigenvalue weighted by molar-refractivity contribution is 5.90. The SMILES string of the molecule is CNCc1ccccc1NC(=O)NCC(O)C(=O)O. The van der Waals surface area contributed by atoms with Crippen molar-refractivity contribution < 1.29 is 19.8 Å². The van der Waals surface area contributed by atoms with Crippen molar-refractivity contribution >= 4 is 17.7 Å². The molecule has 1 atom stereocenters. The molecule has 0 radical (unpaired) electrons. The summed E-state index contributed by atoms with van der Waals surface area (Å²) in [4.78, 5) is 21.9. The number of aliphatic hydroxyl groups excluding tert-OH is 1. The molecule has 0 aliphatic heterocycles. The first kappa shape index (κ1) is 14.9. The smallest absolute Gasteiger partial charge is 0.334 e. The second-order valence-electron chi connectivity index (χ2n) is 3.88. The summed E-state index contributed by atoms with van der Waals surface area (Å²) in [5.41, 5.74) is 1.53.